The van der Waals surface area contributed by atoms with Crippen LogP contribution in [0, 0.1) is 5.82 Å². The minimum absolute atomic E-state index is 0.0957. The van der Waals surface area contributed by atoms with Gasteiger partial charge in [-0.05, 0) is 38.2 Å². The van der Waals surface area contributed by atoms with Crippen LogP contribution in [0.4, 0.5) is 10.1 Å². The average Bonchev–Trinajstić information content (AvgIpc) is 2.39. The van der Waals surface area contributed by atoms with Gasteiger partial charge in [0, 0.05) is 19.4 Å². The normalized spacial score (nSPS) is 21.2. The van der Waals surface area contributed by atoms with Gasteiger partial charge >= 0.3 is 0 Å². The van der Waals surface area contributed by atoms with Crippen molar-refractivity contribution in [2.45, 2.75) is 25.4 Å². The summed E-state index contributed by atoms with van der Waals surface area (Å²) in [6, 6.07) is 4.38. The molecule has 4 nitrogen and oxygen atoms in total. The van der Waals surface area contributed by atoms with Gasteiger partial charge in [-0.3, -0.25) is 4.79 Å². The summed E-state index contributed by atoms with van der Waals surface area (Å²) in [6.45, 7) is 4.51. The van der Waals surface area contributed by atoms with Crippen molar-refractivity contribution in [2.24, 2.45) is 0 Å². The molecule has 0 radical (unpaired) electrons. The Kier molecular flexibility index (Phi) is 2.93. The Hall–Kier alpha value is -1.62. The van der Waals surface area contributed by atoms with Gasteiger partial charge in [0.1, 0.15) is 11.5 Å². The predicted octanol–water partition coefficient (Wildman–Crippen LogP) is 1.48. The first kappa shape index (κ1) is 12.4. The van der Waals surface area contributed by atoms with Crippen molar-refractivity contribution in [3.05, 3.63) is 29.6 Å². The first-order valence-electron chi connectivity index (χ1n) is 6.77. The summed E-state index contributed by atoms with van der Waals surface area (Å²) in [6.07, 6.45) is 1.67. The van der Waals surface area contributed by atoms with E-state index in [9.17, 15) is 9.18 Å². The Morgan fingerprint density at radius 3 is 2.79 bits per heavy atom. The number of halogens is 1. The van der Waals surface area contributed by atoms with Crippen LogP contribution in [-0.2, 0) is 0 Å². The summed E-state index contributed by atoms with van der Waals surface area (Å²) in [7, 11) is 0. The molecule has 3 rings (SSSR count). The van der Waals surface area contributed by atoms with Crippen LogP contribution in [0.2, 0.25) is 0 Å². The molecule has 0 aromatic heterocycles. The molecule has 0 atom stereocenters. The van der Waals surface area contributed by atoms with Gasteiger partial charge in [0.2, 0.25) is 0 Å². The lowest BCUT2D eigenvalue weighted by Crippen LogP contribution is -2.67. The number of carbonyl (C=O) groups excluding carboxylic acids is 1. The minimum Gasteiger partial charge on any atom is -0.348 e. The van der Waals surface area contributed by atoms with Gasteiger partial charge < -0.3 is 15.5 Å². The molecule has 0 saturated carbocycles. The molecular weight excluding hydrogens is 245 g/mol. The molecule has 1 fully saturated rings. The minimum atomic E-state index is -0.363. The van der Waals surface area contributed by atoms with Crippen molar-refractivity contribution in [3.8, 4) is 0 Å². The Labute approximate surface area is 112 Å². The average molecular weight is 263 g/mol. The predicted molar refractivity (Wildman–Crippen MR) is 71.7 cm³/mol. The SMILES string of the molecule is CCN1c2cc(F)ccc2C(=O)NC12CCNCC2. The van der Waals surface area contributed by atoms with Crippen LogP contribution >= 0.6 is 0 Å². The number of carbonyl (C=O) groups is 1. The molecule has 102 valence electrons. The van der Waals surface area contributed by atoms with E-state index < -0.39 is 0 Å². The lowest BCUT2D eigenvalue weighted by Gasteiger charge is -2.51. The molecule has 2 heterocycles. The highest BCUT2D eigenvalue weighted by Crippen LogP contribution is 2.36. The van der Waals surface area contributed by atoms with Crippen molar-refractivity contribution in [3.63, 3.8) is 0 Å². The van der Waals surface area contributed by atoms with E-state index >= 15 is 0 Å². The highest BCUT2D eigenvalue weighted by molar-refractivity contribution is 6.02. The number of nitrogens with one attached hydrogen (secondary N) is 2. The second-order valence-corrected chi connectivity index (χ2v) is 5.14. The summed E-state index contributed by atoms with van der Waals surface area (Å²) in [4.78, 5) is 14.4. The van der Waals surface area contributed by atoms with Crippen molar-refractivity contribution in [2.75, 3.05) is 24.5 Å². The molecule has 1 amide bonds. The number of nitrogens with zero attached hydrogens (tertiary/aromatic N) is 1. The van der Waals surface area contributed by atoms with E-state index in [1.807, 2.05) is 6.92 Å². The Morgan fingerprint density at radius 1 is 1.37 bits per heavy atom. The third-order valence-corrected chi connectivity index (χ3v) is 4.11. The fourth-order valence-electron chi connectivity index (χ4n) is 3.21. The summed E-state index contributed by atoms with van der Waals surface area (Å²) in [5, 5.41) is 6.43. The Balaban J connectivity index is 2.10. The maximum Gasteiger partial charge on any atom is 0.255 e. The summed E-state index contributed by atoms with van der Waals surface area (Å²) < 4.78 is 13.5. The van der Waals surface area contributed by atoms with Gasteiger partial charge in [0.25, 0.3) is 5.91 Å². The van der Waals surface area contributed by atoms with Crippen molar-refractivity contribution in [1.29, 1.82) is 0 Å². The third kappa shape index (κ3) is 1.89. The summed E-state index contributed by atoms with van der Waals surface area (Å²) in [5.41, 5.74) is 0.915. The van der Waals surface area contributed by atoms with E-state index in [2.05, 4.69) is 15.5 Å². The van der Waals surface area contributed by atoms with Crippen LogP contribution in [0.1, 0.15) is 30.1 Å². The topological polar surface area (TPSA) is 44.4 Å². The van der Waals surface area contributed by atoms with Crippen LogP contribution in [0.15, 0.2) is 18.2 Å². The smallest absolute Gasteiger partial charge is 0.255 e. The van der Waals surface area contributed by atoms with Gasteiger partial charge in [-0.25, -0.2) is 4.39 Å². The van der Waals surface area contributed by atoms with Gasteiger partial charge in [-0.15, -0.1) is 0 Å². The van der Waals surface area contributed by atoms with Crippen molar-refractivity contribution in [1.82, 2.24) is 10.6 Å². The maximum atomic E-state index is 13.5. The zero-order valence-electron chi connectivity index (χ0n) is 11.0. The standard InChI is InChI=1S/C14H18FN3O/c1-2-18-12-9-10(15)3-4-11(12)13(19)17-14(18)5-7-16-8-6-14/h3-4,9,16H,2,5-8H2,1H3,(H,17,19). The summed E-state index contributed by atoms with van der Waals surface area (Å²) in [5.74, 6) is -0.391. The largest absolute Gasteiger partial charge is 0.348 e. The van der Waals surface area contributed by atoms with E-state index in [4.69, 9.17) is 0 Å². The number of amides is 1. The second-order valence-electron chi connectivity index (χ2n) is 5.14. The second kappa shape index (κ2) is 4.49. The van der Waals surface area contributed by atoms with Crippen molar-refractivity contribution < 1.29 is 9.18 Å². The molecule has 0 bridgehead atoms. The monoisotopic (exact) mass is 263 g/mol. The fraction of sp³-hybridized carbons (Fsp3) is 0.500. The number of benzene rings is 1. The molecule has 1 aromatic carbocycles. The highest BCUT2D eigenvalue weighted by Gasteiger charge is 2.43. The Morgan fingerprint density at radius 2 is 2.11 bits per heavy atom. The van der Waals surface area contributed by atoms with E-state index in [1.165, 1.54) is 12.1 Å². The number of hydrogen-bond acceptors (Lipinski definition) is 3. The van der Waals surface area contributed by atoms with E-state index in [0.29, 0.717) is 11.3 Å². The number of piperidine rings is 1. The molecule has 5 heteroatoms. The van der Waals surface area contributed by atoms with Gasteiger partial charge in [-0.1, -0.05) is 0 Å². The van der Waals surface area contributed by atoms with E-state index in [1.54, 1.807) is 6.07 Å². The van der Waals surface area contributed by atoms with Crippen LogP contribution in [-0.4, -0.2) is 31.2 Å². The van der Waals surface area contributed by atoms with Crippen LogP contribution in [0.3, 0.4) is 0 Å². The Bertz CT molecular complexity index is 511. The lowest BCUT2D eigenvalue weighted by atomic mass is 9.90. The zero-order valence-corrected chi connectivity index (χ0v) is 11.0. The number of fused-ring (bicyclic) bond motifs is 1. The molecule has 0 unspecified atom stereocenters. The molecule has 0 aliphatic carbocycles. The molecule has 1 aromatic rings. The molecule has 1 spiro atoms. The zero-order chi connectivity index (χ0) is 13.5. The fourth-order valence-corrected chi connectivity index (χ4v) is 3.21. The van der Waals surface area contributed by atoms with Gasteiger partial charge in [-0.2, -0.15) is 0 Å². The maximum absolute atomic E-state index is 13.5. The molecule has 1 saturated heterocycles. The molecule has 2 N–H and O–H groups in total. The quantitative estimate of drug-likeness (QED) is 0.806. The van der Waals surface area contributed by atoms with Gasteiger partial charge in [0.05, 0.1) is 11.3 Å². The molecule has 2 aliphatic rings. The highest BCUT2D eigenvalue weighted by atomic mass is 19.1. The molecule has 2 aliphatic heterocycles. The third-order valence-electron chi connectivity index (χ3n) is 4.11. The van der Waals surface area contributed by atoms with Crippen molar-refractivity contribution >= 4 is 11.6 Å². The van der Waals surface area contributed by atoms with Crippen LogP contribution in [0.25, 0.3) is 0 Å². The van der Waals surface area contributed by atoms with Gasteiger partial charge in [0.15, 0.2) is 0 Å². The lowest BCUT2D eigenvalue weighted by molar-refractivity contribution is 0.0852. The number of rotatable bonds is 1. The molecule has 19 heavy (non-hydrogen) atoms. The van der Waals surface area contributed by atoms with E-state index in [-0.39, 0.29) is 17.4 Å². The summed E-state index contributed by atoms with van der Waals surface area (Å²) >= 11 is 0. The first-order chi connectivity index (χ1) is 9.16. The number of hydrogen-bond donors (Lipinski definition) is 2. The first-order valence-corrected chi connectivity index (χ1v) is 6.77. The number of anilines is 1. The molecular formula is C14H18FN3O. The van der Waals surface area contributed by atoms with Crippen LogP contribution < -0.4 is 15.5 Å². The van der Waals surface area contributed by atoms with E-state index in [0.717, 1.165) is 32.5 Å². The van der Waals surface area contributed by atoms with Crippen LogP contribution in [0.5, 0.6) is 0 Å².